The van der Waals surface area contributed by atoms with Crippen LogP contribution in [-0.2, 0) is 13.1 Å². The lowest BCUT2D eigenvalue weighted by Gasteiger charge is -2.14. The Morgan fingerprint density at radius 3 is 2.45 bits per heavy atom. The third-order valence-corrected chi connectivity index (χ3v) is 4.28. The quantitative estimate of drug-likeness (QED) is 0.373. The Hall–Kier alpha value is -3.88. The molecule has 0 fully saturated rings. The third-order valence-electron chi connectivity index (χ3n) is 4.28. The highest BCUT2D eigenvalue weighted by Crippen LogP contribution is 2.20. The average Bonchev–Trinajstić information content (AvgIpc) is 3.31. The van der Waals surface area contributed by atoms with Gasteiger partial charge in [-0.1, -0.05) is 30.3 Å². The van der Waals surface area contributed by atoms with E-state index in [0.717, 1.165) is 5.56 Å². The Morgan fingerprint density at radius 2 is 1.77 bits per heavy atom. The maximum atomic E-state index is 12.5. The van der Waals surface area contributed by atoms with Crippen LogP contribution in [0.2, 0.25) is 0 Å². The zero-order valence-electron chi connectivity index (χ0n) is 16.8. The van der Waals surface area contributed by atoms with Crippen molar-refractivity contribution in [2.75, 3.05) is 12.4 Å². The average molecular weight is 428 g/mol. The number of guanidine groups is 1. The third kappa shape index (κ3) is 6.56. The fraction of sp³-hybridized carbons (Fsp3) is 0.182. The zero-order chi connectivity index (χ0) is 22.1. The fourth-order valence-electron chi connectivity index (χ4n) is 2.75. The lowest BCUT2D eigenvalue weighted by molar-refractivity contribution is -0.0504. The van der Waals surface area contributed by atoms with Gasteiger partial charge >= 0.3 is 6.61 Å². The normalized spacial score (nSPS) is 11.3. The SMILES string of the molecule is CN=C(NCc1ccc(NC(=O)c2ccco2)cc1)NCc1ccccc1OC(F)F. The number of furan rings is 1. The van der Waals surface area contributed by atoms with Gasteiger partial charge in [0.2, 0.25) is 0 Å². The first kappa shape index (κ1) is 21.8. The van der Waals surface area contributed by atoms with Gasteiger partial charge in [0.05, 0.1) is 6.26 Å². The van der Waals surface area contributed by atoms with Crippen LogP contribution in [0.15, 0.2) is 76.3 Å². The van der Waals surface area contributed by atoms with Crippen molar-refractivity contribution in [1.82, 2.24) is 10.6 Å². The van der Waals surface area contributed by atoms with Gasteiger partial charge in [0.25, 0.3) is 5.91 Å². The number of alkyl halides is 2. The van der Waals surface area contributed by atoms with E-state index in [2.05, 4.69) is 25.7 Å². The second kappa shape index (κ2) is 10.8. The van der Waals surface area contributed by atoms with E-state index >= 15 is 0 Å². The Bertz CT molecular complexity index is 1010. The number of aliphatic imine (C=N–C) groups is 1. The molecule has 1 amide bonds. The summed E-state index contributed by atoms with van der Waals surface area (Å²) in [6.45, 7) is -2.15. The number of ether oxygens (including phenoxy) is 1. The number of nitrogens with one attached hydrogen (secondary N) is 3. The van der Waals surface area contributed by atoms with E-state index in [0.29, 0.717) is 23.8 Å². The minimum atomic E-state index is -2.88. The molecule has 0 spiro atoms. The topological polar surface area (TPSA) is 87.9 Å². The van der Waals surface area contributed by atoms with Crippen molar-refractivity contribution >= 4 is 17.6 Å². The van der Waals surface area contributed by atoms with Crippen LogP contribution in [0.25, 0.3) is 0 Å². The first-order valence-electron chi connectivity index (χ1n) is 9.46. The van der Waals surface area contributed by atoms with Crippen LogP contribution in [0.3, 0.4) is 0 Å². The van der Waals surface area contributed by atoms with Crippen molar-refractivity contribution in [3.05, 3.63) is 83.8 Å². The van der Waals surface area contributed by atoms with Gasteiger partial charge in [-0.2, -0.15) is 8.78 Å². The van der Waals surface area contributed by atoms with E-state index in [1.54, 1.807) is 49.5 Å². The van der Waals surface area contributed by atoms with E-state index in [1.807, 2.05) is 12.1 Å². The van der Waals surface area contributed by atoms with E-state index in [-0.39, 0.29) is 24.0 Å². The van der Waals surface area contributed by atoms with E-state index in [4.69, 9.17) is 4.42 Å². The first-order valence-corrected chi connectivity index (χ1v) is 9.46. The fourth-order valence-corrected chi connectivity index (χ4v) is 2.75. The van der Waals surface area contributed by atoms with Crippen LogP contribution in [0.1, 0.15) is 21.7 Å². The second-order valence-corrected chi connectivity index (χ2v) is 6.39. The molecule has 1 heterocycles. The van der Waals surface area contributed by atoms with E-state index < -0.39 is 6.61 Å². The molecule has 162 valence electrons. The highest BCUT2D eigenvalue weighted by molar-refractivity contribution is 6.02. The number of benzene rings is 2. The number of nitrogens with zero attached hydrogens (tertiary/aromatic N) is 1. The number of para-hydroxylation sites is 1. The molecule has 1 aromatic heterocycles. The highest BCUT2D eigenvalue weighted by Gasteiger charge is 2.10. The van der Waals surface area contributed by atoms with Crippen LogP contribution >= 0.6 is 0 Å². The van der Waals surface area contributed by atoms with Gasteiger partial charge in [0, 0.05) is 31.4 Å². The molecule has 0 saturated carbocycles. The van der Waals surface area contributed by atoms with Crippen LogP contribution in [0.4, 0.5) is 14.5 Å². The number of hydrogen-bond donors (Lipinski definition) is 3. The molecular formula is C22H22F2N4O3. The van der Waals surface area contributed by atoms with Crippen molar-refractivity contribution < 1.29 is 22.7 Å². The maximum absolute atomic E-state index is 12.5. The van der Waals surface area contributed by atoms with Crippen LogP contribution in [0, 0.1) is 0 Å². The molecule has 3 rings (SSSR count). The second-order valence-electron chi connectivity index (χ2n) is 6.39. The zero-order valence-corrected chi connectivity index (χ0v) is 16.8. The summed E-state index contributed by atoms with van der Waals surface area (Å²) in [5.74, 6) is 0.535. The highest BCUT2D eigenvalue weighted by atomic mass is 19.3. The molecule has 0 aliphatic rings. The molecule has 31 heavy (non-hydrogen) atoms. The van der Waals surface area contributed by atoms with Crippen LogP contribution < -0.4 is 20.7 Å². The van der Waals surface area contributed by atoms with Crippen molar-refractivity contribution in [2.45, 2.75) is 19.7 Å². The molecule has 7 nitrogen and oxygen atoms in total. The predicted octanol–water partition coefficient (Wildman–Crippen LogP) is 4.00. The lowest BCUT2D eigenvalue weighted by Crippen LogP contribution is -2.36. The van der Waals surface area contributed by atoms with Gasteiger partial charge in [0.15, 0.2) is 11.7 Å². The molecule has 0 aliphatic carbocycles. The minimum Gasteiger partial charge on any atom is -0.459 e. The summed E-state index contributed by atoms with van der Waals surface area (Å²) in [6, 6.07) is 17.1. The summed E-state index contributed by atoms with van der Waals surface area (Å²) < 4.78 is 34.7. The Balaban J connectivity index is 1.50. The summed E-state index contributed by atoms with van der Waals surface area (Å²) in [5.41, 5.74) is 2.19. The molecule has 0 radical (unpaired) electrons. The molecule has 0 aliphatic heterocycles. The summed E-state index contributed by atoms with van der Waals surface area (Å²) >= 11 is 0. The van der Waals surface area contributed by atoms with Gasteiger partial charge in [-0.3, -0.25) is 9.79 Å². The Kier molecular flexibility index (Phi) is 7.58. The van der Waals surface area contributed by atoms with Crippen molar-refractivity contribution in [2.24, 2.45) is 4.99 Å². The predicted molar refractivity (Wildman–Crippen MR) is 113 cm³/mol. The molecule has 0 bridgehead atoms. The molecule has 3 N–H and O–H groups in total. The summed E-state index contributed by atoms with van der Waals surface area (Å²) in [4.78, 5) is 16.1. The van der Waals surface area contributed by atoms with E-state index in [9.17, 15) is 13.6 Å². The Labute approximate surface area is 178 Å². The van der Waals surface area contributed by atoms with Crippen LogP contribution in [0.5, 0.6) is 5.75 Å². The number of rotatable bonds is 8. The molecule has 9 heteroatoms. The smallest absolute Gasteiger partial charge is 0.387 e. The standard InChI is InChI=1S/C22H22F2N4O3/c1-25-22(27-14-16-5-2-3-6-18(16)31-21(23)24)26-13-15-8-10-17(11-9-15)28-20(29)19-7-4-12-30-19/h2-12,21H,13-14H2,1H3,(H,28,29)(H2,25,26,27). The molecule has 0 unspecified atom stereocenters. The van der Waals surface area contributed by atoms with Crippen LogP contribution in [-0.4, -0.2) is 25.5 Å². The number of amides is 1. The van der Waals surface area contributed by atoms with Crippen molar-refractivity contribution in [3.63, 3.8) is 0 Å². The van der Waals surface area contributed by atoms with Gasteiger partial charge in [-0.15, -0.1) is 0 Å². The molecule has 2 aromatic carbocycles. The van der Waals surface area contributed by atoms with Gasteiger partial charge in [-0.25, -0.2) is 0 Å². The number of carbonyl (C=O) groups excluding carboxylic acids is 1. The number of halogens is 2. The number of hydrogen-bond acceptors (Lipinski definition) is 4. The minimum absolute atomic E-state index is 0.118. The summed E-state index contributed by atoms with van der Waals surface area (Å²) in [6.07, 6.45) is 1.44. The van der Waals surface area contributed by atoms with Gasteiger partial charge < -0.3 is 25.1 Å². The Morgan fingerprint density at radius 1 is 1.03 bits per heavy atom. The van der Waals surface area contributed by atoms with Gasteiger partial charge in [-0.05, 0) is 35.9 Å². The molecule has 0 atom stereocenters. The lowest BCUT2D eigenvalue weighted by atomic mass is 10.2. The molecule has 0 saturated heterocycles. The van der Waals surface area contributed by atoms with Crippen molar-refractivity contribution in [1.29, 1.82) is 0 Å². The van der Waals surface area contributed by atoms with Crippen molar-refractivity contribution in [3.8, 4) is 5.75 Å². The van der Waals surface area contributed by atoms with E-state index in [1.165, 1.54) is 12.3 Å². The monoisotopic (exact) mass is 428 g/mol. The number of anilines is 1. The number of carbonyl (C=O) groups is 1. The molecular weight excluding hydrogens is 406 g/mol. The molecule has 3 aromatic rings. The maximum Gasteiger partial charge on any atom is 0.387 e. The summed E-state index contributed by atoms with van der Waals surface area (Å²) in [7, 11) is 1.62. The van der Waals surface area contributed by atoms with Gasteiger partial charge in [0.1, 0.15) is 5.75 Å². The largest absolute Gasteiger partial charge is 0.459 e. The summed E-state index contributed by atoms with van der Waals surface area (Å²) in [5, 5.41) is 8.97. The first-order chi connectivity index (χ1) is 15.0.